The third-order valence-electron chi connectivity index (χ3n) is 2.16. The van der Waals surface area contributed by atoms with Crippen molar-refractivity contribution in [2.45, 2.75) is 39.8 Å². The van der Waals surface area contributed by atoms with Crippen molar-refractivity contribution in [1.29, 1.82) is 0 Å². The van der Waals surface area contributed by atoms with E-state index in [0.29, 0.717) is 0 Å². The second-order valence-corrected chi connectivity index (χ2v) is 3.39. The highest BCUT2D eigenvalue weighted by Gasteiger charge is 1.94. The van der Waals surface area contributed by atoms with Crippen LogP contribution < -0.4 is 5.32 Å². The van der Waals surface area contributed by atoms with E-state index < -0.39 is 0 Å². The lowest BCUT2D eigenvalue weighted by Gasteiger charge is -2.00. The molecule has 1 heterocycles. The second-order valence-electron chi connectivity index (χ2n) is 3.39. The van der Waals surface area contributed by atoms with Crippen LogP contribution >= 0.6 is 0 Å². The van der Waals surface area contributed by atoms with Crippen LogP contribution in [0.2, 0.25) is 0 Å². The molecular formula is C11H20N2. The number of hydrogen-bond acceptors (Lipinski definition) is 1. The normalized spacial score (nSPS) is 10.6. The summed E-state index contributed by atoms with van der Waals surface area (Å²) in [4.78, 5) is 0. The molecular weight excluding hydrogens is 160 g/mol. The molecule has 0 amide bonds. The number of nitrogens with zero attached hydrogens (tertiary/aromatic N) is 1. The zero-order valence-electron chi connectivity index (χ0n) is 8.71. The first-order valence-electron chi connectivity index (χ1n) is 5.22. The van der Waals surface area contributed by atoms with Gasteiger partial charge in [-0.2, -0.15) is 0 Å². The fourth-order valence-corrected chi connectivity index (χ4v) is 1.34. The van der Waals surface area contributed by atoms with Crippen LogP contribution in [-0.4, -0.2) is 11.1 Å². The van der Waals surface area contributed by atoms with Crippen molar-refractivity contribution in [2.75, 3.05) is 6.54 Å². The SMILES string of the molecule is CCCCn1ccc(CNCC)c1. The summed E-state index contributed by atoms with van der Waals surface area (Å²) in [6, 6.07) is 2.19. The first kappa shape index (κ1) is 10.3. The van der Waals surface area contributed by atoms with Gasteiger partial charge in [0.2, 0.25) is 0 Å². The summed E-state index contributed by atoms with van der Waals surface area (Å²) < 4.78 is 2.27. The van der Waals surface area contributed by atoms with Crippen LogP contribution in [0.5, 0.6) is 0 Å². The second kappa shape index (κ2) is 5.81. The van der Waals surface area contributed by atoms with Crippen LogP contribution in [-0.2, 0) is 13.1 Å². The van der Waals surface area contributed by atoms with Gasteiger partial charge in [-0.25, -0.2) is 0 Å². The van der Waals surface area contributed by atoms with Gasteiger partial charge >= 0.3 is 0 Å². The summed E-state index contributed by atoms with van der Waals surface area (Å²) in [5.41, 5.74) is 1.39. The molecule has 1 N–H and O–H groups in total. The topological polar surface area (TPSA) is 17.0 Å². The maximum absolute atomic E-state index is 3.32. The molecule has 1 rings (SSSR count). The molecule has 1 aromatic rings. The summed E-state index contributed by atoms with van der Waals surface area (Å²) in [5.74, 6) is 0. The van der Waals surface area contributed by atoms with Crippen LogP contribution in [0.1, 0.15) is 32.3 Å². The Morgan fingerprint density at radius 3 is 2.92 bits per heavy atom. The van der Waals surface area contributed by atoms with E-state index in [0.717, 1.165) is 19.6 Å². The monoisotopic (exact) mass is 180 g/mol. The summed E-state index contributed by atoms with van der Waals surface area (Å²) in [6.45, 7) is 7.55. The van der Waals surface area contributed by atoms with Crippen molar-refractivity contribution in [3.63, 3.8) is 0 Å². The van der Waals surface area contributed by atoms with Gasteiger partial charge in [0.15, 0.2) is 0 Å². The fourth-order valence-electron chi connectivity index (χ4n) is 1.34. The van der Waals surface area contributed by atoms with Gasteiger partial charge in [0, 0.05) is 25.5 Å². The lowest BCUT2D eigenvalue weighted by atomic mass is 10.3. The van der Waals surface area contributed by atoms with Crippen molar-refractivity contribution in [2.24, 2.45) is 0 Å². The van der Waals surface area contributed by atoms with Crippen LogP contribution in [0.3, 0.4) is 0 Å². The molecule has 74 valence electrons. The molecule has 1 aromatic heterocycles. The van der Waals surface area contributed by atoms with E-state index in [1.54, 1.807) is 0 Å². The molecule has 0 unspecified atom stereocenters. The van der Waals surface area contributed by atoms with Gasteiger partial charge in [-0.05, 0) is 24.6 Å². The molecule has 13 heavy (non-hydrogen) atoms. The lowest BCUT2D eigenvalue weighted by molar-refractivity contribution is 0.631. The van der Waals surface area contributed by atoms with Gasteiger partial charge in [-0.1, -0.05) is 20.3 Å². The summed E-state index contributed by atoms with van der Waals surface area (Å²) in [7, 11) is 0. The Morgan fingerprint density at radius 2 is 2.23 bits per heavy atom. The zero-order valence-corrected chi connectivity index (χ0v) is 8.71. The Balaban J connectivity index is 2.34. The predicted molar refractivity (Wildman–Crippen MR) is 56.7 cm³/mol. The maximum Gasteiger partial charge on any atom is 0.0220 e. The number of unbranched alkanes of at least 4 members (excludes halogenated alkanes) is 1. The van der Waals surface area contributed by atoms with E-state index in [4.69, 9.17) is 0 Å². The van der Waals surface area contributed by atoms with Gasteiger partial charge in [-0.3, -0.25) is 0 Å². The van der Waals surface area contributed by atoms with Gasteiger partial charge < -0.3 is 9.88 Å². The summed E-state index contributed by atoms with van der Waals surface area (Å²) >= 11 is 0. The van der Waals surface area contributed by atoms with E-state index in [1.165, 1.54) is 18.4 Å². The molecule has 0 aliphatic carbocycles. The molecule has 2 nitrogen and oxygen atoms in total. The number of aromatic nitrogens is 1. The third kappa shape index (κ3) is 3.64. The average molecular weight is 180 g/mol. The standard InChI is InChI=1S/C11H20N2/c1-3-5-7-13-8-6-11(10-13)9-12-4-2/h6,8,10,12H,3-5,7,9H2,1-2H3. The molecule has 0 aliphatic rings. The maximum atomic E-state index is 3.32. The average Bonchev–Trinajstić information content (AvgIpc) is 2.59. The van der Waals surface area contributed by atoms with Crippen LogP contribution in [0.15, 0.2) is 18.5 Å². The van der Waals surface area contributed by atoms with E-state index in [-0.39, 0.29) is 0 Å². The van der Waals surface area contributed by atoms with Crippen molar-refractivity contribution in [1.82, 2.24) is 9.88 Å². The predicted octanol–water partition coefficient (Wildman–Crippen LogP) is 2.40. The number of nitrogens with one attached hydrogen (secondary N) is 1. The lowest BCUT2D eigenvalue weighted by Crippen LogP contribution is -2.11. The molecule has 0 spiro atoms. The van der Waals surface area contributed by atoms with Crippen molar-refractivity contribution < 1.29 is 0 Å². The molecule has 0 aliphatic heterocycles. The van der Waals surface area contributed by atoms with E-state index in [2.05, 4.69) is 42.2 Å². The molecule has 0 bridgehead atoms. The van der Waals surface area contributed by atoms with Crippen molar-refractivity contribution in [3.05, 3.63) is 24.0 Å². The first-order valence-corrected chi connectivity index (χ1v) is 5.22. The van der Waals surface area contributed by atoms with Crippen molar-refractivity contribution in [3.8, 4) is 0 Å². The number of hydrogen-bond donors (Lipinski definition) is 1. The van der Waals surface area contributed by atoms with Crippen LogP contribution in [0, 0.1) is 0 Å². The summed E-state index contributed by atoms with van der Waals surface area (Å²) in [5, 5.41) is 3.32. The number of aryl methyl sites for hydroxylation is 1. The minimum absolute atomic E-state index is 0.996. The molecule has 2 heteroatoms. The molecule has 0 radical (unpaired) electrons. The van der Waals surface area contributed by atoms with E-state index >= 15 is 0 Å². The summed E-state index contributed by atoms with van der Waals surface area (Å²) in [6.07, 6.45) is 6.94. The number of rotatable bonds is 6. The Morgan fingerprint density at radius 1 is 1.38 bits per heavy atom. The fraction of sp³-hybridized carbons (Fsp3) is 0.636. The quantitative estimate of drug-likeness (QED) is 0.711. The van der Waals surface area contributed by atoms with Gasteiger partial charge in [0.1, 0.15) is 0 Å². The molecule has 0 saturated heterocycles. The molecule has 0 fully saturated rings. The Kier molecular flexibility index (Phi) is 4.61. The highest BCUT2D eigenvalue weighted by atomic mass is 14.9. The smallest absolute Gasteiger partial charge is 0.0220 e. The molecule has 0 atom stereocenters. The van der Waals surface area contributed by atoms with E-state index in [9.17, 15) is 0 Å². The third-order valence-corrected chi connectivity index (χ3v) is 2.16. The Bertz CT molecular complexity index is 205. The minimum atomic E-state index is 0.996. The van der Waals surface area contributed by atoms with Gasteiger partial charge in [-0.15, -0.1) is 0 Å². The van der Waals surface area contributed by atoms with Gasteiger partial charge in [0.05, 0.1) is 0 Å². The minimum Gasteiger partial charge on any atom is -0.354 e. The highest BCUT2D eigenvalue weighted by molar-refractivity contribution is 5.09. The highest BCUT2D eigenvalue weighted by Crippen LogP contribution is 2.02. The Hall–Kier alpha value is -0.760. The van der Waals surface area contributed by atoms with Crippen LogP contribution in [0.25, 0.3) is 0 Å². The Labute approximate surface area is 81.0 Å². The largest absolute Gasteiger partial charge is 0.354 e. The van der Waals surface area contributed by atoms with Crippen LogP contribution in [0.4, 0.5) is 0 Å². The molecule has 0 saturated carbocycles. The first-order chi connectivity index (χ1) is 6.36. The van der Waals surface area contributed by atoms with Crippen molar-refractivity contribution >= 4 is 0 Å². The van der Waals surface area contributed by atoms with Gasteiger partial charge in [0.25, 0.3) is 0 Å². The molecule has 0 aromatic carbocycles. The van der Waals surface area contributed by atoms with E-state index in [1.807, 2.05) is 0 Å². The zero-order chi connectivity index (χ0) is 9.52.